The van der Waals surface area contributed by atoms with Crippen LogP contribution in [0.1, 0.15) is 33.6 Å². The van der Waals surface area contributed by atoms with Gasteiger partial charge in [0.1, 0.15) is 5.25 Å². The summed E-state index contributed by atoms with van der Waals surface area (Å²) in [5, 5.41) is -0.994. The Labute approximate surface area is 109 Å². The molecule has 0 radical (unpaired) electrons. The molecule has 2 rings (SSSR count). The van der Waals surface area contributed by atoms with E-state index in [2.05, 4.69) is 6.58 Å². The van der Waals surface area contributed by atoms with Crippen molar-refractivity contribution in [3.63, 3.8) is 0 Å². The van der Waals surface area contributed by atoms with E-state index in [0.717, 1.165) is 12.8 Å². The van der Waals surface area contributed by atoms with Gasteiger partial charge in [-0.05, 0) is 24.2 Å². The highest BCUT2D eigenvalue weighted by Crippen LogP contribution is 2.64. The summed E-state index contributed by atoms with van der Waals surface area (Å²) in [6.45, 7) is 9.22. The van der Waals surface area contributed by atoms with Crippen molar-refractivity contribution in [2.45, 2.75) is 38.9 Å². The van der Waals surface area contributed by atoms with Crippen molar-refractivity contribution in [1.82, 2.24) is 0 Å². The van der Waals surface area contributed by atoms with E-state index in [1.807, 2.05) is 20.8 Å². The van der Waals surface area contributed by atoms with Gasteiger partial charge >= 0.3 is 0 Å². The average Bonchev–Trinajstić information content (AvgIpc) is 2.58. The molecule has 5 heteroatoms. The Hall–Kier alpha value is -0.680. The molecule has 0 aromatic carbocycles. The van der Waals surface area contributed by atoms with Crippen molar-refractivity contribution >= 4 is 15.9 Å². The molecule has 0 saturated heterocycles. The summed E-state index contributed by atoms with van der Waals surface area (Å²) in [5.74, 6) is -0.308. The number of carbonyl (C=O) groups excluding carboxylic acids is 1. The van der Waals surface area contributed by atoms with E-state index >= 15 is 0 Å². The van der Waals surface area contributed by atoms with Crippen LogP contribution in [0.3, 0.4) is 0 Å². The number of hydrogen-bond donors (Lipinski definition) is 0. The van der Waals surface area contributed by atoms with Gasteiger partial charge in [0, 0.05) is 5.41 Å². The maximum atomic E-state index is 12.4. The number of fused-ring (bicyclic) bond motifs is 2. The van der Waals surface area contributed by atoms with Crippen molar-refractivity contribution in [1.29, 1.82) is 0 Å². The van der Waals surface area contributed by atoms with Gasteiger partial charge in [0.15, 0.2) is 5.78 Å². The quantitative estimate of drug-likeness (QED) is 0.579. The van der Waals surface area contributed by atoms with Crippen molar-refractivity contribution < 1.29 is 17.4 Å². The SMILES string of the molecule is C=CCOS(=O)(=O)C1C(=O)C2(C)CCC1C2(C)C. The number of rotatable bonds is 4. The summed E-state index contributed by atoms with van der Waals surface area (Å²) < 4.78 is 29.1. The highest BCUT2D eigenvalue weighted by Gasteiger charge is 2.69. The maximum absolute atomic E-state index is 12.4. The molecule has 0 spiro atoms. The molecule has 18 heavy (non-hydrogen) atoms. The van der Waals surface area contributed by atoms with Gasteiger partial charge in [0.05, 0.1) is 6.61 Å². The van der Waals surface area contributed by atoms with E-state index in [1.165, 1.54) is 6.08 Å². The Morgan fingerprint density at radius 2 is 2.06 bits per heavy atom. The second kappa shape index (κ2) is 3.90. The zero-order valence-electron chi connectivity index (χ0n) is 11.1. The van der Waals surface area contributed by atoms with Gasteiger partial charge in [-0.15, -0.1) is 6.58 Å². The van der Waals surface area contributed by atoms with Crippen LogP contribution in [-0.2, 0) is 19.1 Å². The van der Waals surface area contributed by atoms with Crippen LogP contribution >= 0.6 is 0 Å². The summed E-state index contributed by atoms with van der Waals surface area (Å²) in [6, 6.07) is 0. The first-order valence-electron chi connectivity index (χ1n) is 6.22. The molecule has 0 aromatic rings. The molecule has 4 nitrogen and oxygen atoms in total. The number of carbonyl (C=O) groups is 1. The zero-order valence-corrected chi connectivity index (χ0v) is 11.9. The third-order valence-electron chi connectivity index (χ3n) is 5.13. The Morgan fingerprint density at radius 3 is 2.50 bits per heavy atom. The van der Waals surface area contributed by atoms with Gasteiger partial charge in [-0.2, -0.15) is 8.42 Å². The van der Waals surface area contributed by atoms with Crippen molar-refractivity contribution in [3.05, 3.63) is 12.7 Å². The summed E-state index contributed by atoms with van der Waals surface area (Å²) in [7, 11) is -3.83. The molecule has 102 valence electrons. The molecule has 2 fully saturated rings. The number of ketones is 1. The van der Waals surface area contributed by atoms with Crippen LogP contribution in [0.2, 0.25) is 0 Å². The molecule has 2 aliphatic carbocycles. The van der Waals surface area contributed by atoms with Gasteiger partial charge in [0.2, 0.25) is 0 Å². The average molecular weight is 272 g/mol. The lowest BCUT2D eigenvalue weighted by atomic mass is 9.70. The highest BCUT2D eigenvalue weighted by atomic mass is 32.2. The normalized spacial score (nSPS) is 38.1. The van der Waals surface area contributed by atoms with Crippen LogP contribution in [0.15, 0.2) is 12.7 Å². The molecule has 0 amide bonds. The second-order valence-corrected chi connectivity index (χ2v) is 7.78. The molecule has 3 atom stereocenters. The molecule has 0 aromatic heterocycles. The van der Waals surface area contributed by atoms with Crippen LogP contribution < -0.4 is 0 Å². The van der Waals surface area contributed by atoms with Crippen LogP contribution in [0.5, 0.6) is 0 Å². The van der Waals surface area contributed by atoms with Crippen LogP contribution in [0.25, 0.3) is 0 Å². The zero-order chi connectivity index (χ0) is 13.8. The minimum Gasteiger partial charge on any atom is -0.297 e. The molecule has 0 heterocycles. The van der Waals surface area contributed by atoms with E-state index in [9.17, 15) is 13.2 Å². The van der Waals surface area contributed by atoms with Gasteiger partial charge in [-0.1, -0.05) is 26.8 Å². The van der Waals surface area contributed by atoms with Crippen LogP contribution in [0.4, 0.5) is 0 Å². The smallest absolute Gasteiger partial charge is 0.278 e. The first-order valence-corrected chi connectivity index (χ1v) is 7.69. The Morgan fingerprint density at radius 1 is 1.44 bits per heavy atom. The number of Topliss-reactive ketones (excluding diaryl/α,β-unsaturated/α-hetero) is 1. The minimum atomic E-state index is -3.83. The molecular formula is C13H20O4S. The second-order valence-electron chi connectivity index (χ2n) is 6.05. The standard InChI is InChI=1S/C13H20O4S/c1-5-8-17-18(15,16)10-9-6-7-13(4,11(10)14)12(9,2)3/h5,9-10H,1,6-8H2,2-4H3. The molecule has 2 bridgehead atoms. The van der Waals surface area contributed by atoms with Gasteiger partial charge in [-0.25, -0.2) is 0 Å². The fourth-order valence-corrected chi connectivity index (χ4v) is 5.39. The third kappa shape index (κ3) is 1.53. The van der Waals surface area contributed by atoms with Crippen LogP contribution in [-0.4, -0.2) is 26.1 Å². The minimum absolute atomic E-state index is 0.0734. The Kier molecular flexibility index (Phi) is 2.98. The first-order chi connectivity index (χ1) is 8.18. The molecule has 0 aliphatic heterocycles. The summed E-state index contributed by atoms with van der Waals surface area (Å²) in [4.78, 5) is 12.4. The van der Waals surface area contributed by atoms with E-state index < -0.39 is 20.8 Å². The predicted octanol–water partition coefficient (Wildman–Crippen LogP) is 1.91. The van der Waals surface area contributed by atoms with Crippen molar-refractivity contribution in [3.8, 4) is 0 Å². The molecule has 3 unspecified atom stereocenters. The van der Waals surface area contributed by atoms with Gasteiger partial charge in [-0.3, -0.25) is 8.98 Å². The monoisotopic (exact) mass is 272 g/mol. The Bertz CT molecular complexity index is 491. The maximum Gasteiger partial charge on any atom is 0.278 e. The highest BCUT2D eigenvalue weighted by molar-refractivity contribution is 7.88. The summed E-state index contributed by atoms with van der Waals surface area (Å²) in [5.41, 5.74) is -0.813. The third-order valence-corrected chi connectivity index (χ3v) is 6.76. The lowest BCUT2D eigenvalue weighted by Crippen LogP contribution is -2.39. The lowest BCUT2D eigenvalue weighted by Gasteiger charge is -2.32. The molecule has 2 saturated carbocycles. The predicted molar refractivity (Wildman–Crippen MR) is 68.5 cm³/mol. The largest absolute Gasteiger partial charge is 0.297 e. The van der Waals surface area contributed by atoms with Crippen LogP contribution in [0, 0.1) is 16.7 Å². The van der Waals surface area contributed by atoms with E-state index in [0.29, 0.717) is 0 Å². The Balaban J connectivity index is 2.39. The molecular weight excluding hydrogens is 252 g/mol. The topological polar surface area (TPSA) is 60.4 Å². The van der Waals surface area contributed by atoms with E-state index in [1.54, 1.807) is 0 Å². The fraction of sp³-hybridized carbons (Fsp3) is 0.769. The van der Waals surface area contributed by atoms with Gasteiger partial charge < -0.3 is 0 Å². The van der Waals surface area contributed by atoms with Gasteiger partial charge in [0.25, 0.3) is 10.1 Å². The summed E-state index contributed by atoms with van der Waals surface area (Å²) >= 11 is 0. The number of hydrogen-bond acceptors (Lipinski definition) is 4. The van der Waals surface area contributed by atoms with Crippen molar-refractivity contribution in [2.24, 2.45) is 16.7 Å². The van der Waals surface area contributed by atoms with E-state index in [4.69, 9.17) is 4.18 Å². The molecule has 0 N–H and O–H groups in total. The molecule has 2 aliphatic rings. The van der Waals surface area contributed by atoms with E-state index in [-0.39, 0.29) is 23.7 Å². The summed E-state index contributed by atoms with van der Waals surface area (Å²) in [6.07, 6.45) is 2.93. The fourth-order valence-electron chi connectivity index (χ4n) is 3.55. The lowest BCUT2D eigenvalue weighted by molar-refractivity contribution is -0.128. The first kappa shape index (κ1) is 13.7. The van der Waals surface area contributed by atoms with Crippen molar-refractivity contribution in [2.75, 3.05) is 6.61 Å².